The van der Waals surface area contributed by atoms with Gasteiger partial charge in [0.1, 0.15) is 0 Å². The Balaban J connectivity index is 2.07. The molecule has 0 saturated heterocycles. The molecule has 0 unspecified atom stereocenters. The number of aryl methyl sites for hydroxylation is 2. The number of non-ortho nitro benzene ring substituents is 1. The summed E-state index contributed by atoms with van der Waals surface area (Å²) in [7, 11) is 0. The molecule has 2 aromatic carbocycles. The van der Waals surface area contributed by atoms with Crippen LogP contribution in [0.25, 0.3) is 0 Å². The molecule has 28 heavy (non-hydrogen) atoms. The highest BCUT2D eigenvalue weighted by Gasteiger charge is 2.19. The average Bonchev–Trinajstić information content (AvgIpc) is 2.63. The van der Waals surface area contributed by atoms with E-state index >= 15 is 0 Å². The Bertz CT molecular complexity index is 877. The fourth-order valence-electron chi connectivity index (χ4n) is 2.61. The second-order valence-electron chi connectivity index (χ2n) is 6.14. The number of amides is 1. The number of nitrogens with zero attached hydrogens (tertiary/aromatic N) is 1. The van der Waals surface area contributed by atoms with Gasteiger partial charge in [-0.2, -0.15) is 0 Å². The lowest BCUT2D eigenvalue weighted by Gasteiger charge is -2.11. The van der Waals surface area contributed by atoms with Crippen molar-refractivity contribution in [3.05, 3.63) is 63.2 Å². The number of carbonyl (C=O) groups excluding carboxylic acids is 2. The minimum Gasteiger partial charge on any atom is -0.452 e. The lowest BCUT2D eigenvalue weighted by Crippen LogP contribution is -2.21. The molecule has 9 nitrogen and oxygen atoms in total. The number of rotatable bonds is 8. The number of hydrogen-bond acceptors (Lipinski definition) is 7. The van der Waals surface area contributed by atoms with Gasteiger partial charge in [-0.05, 0) is 43.2 Å². The Kier molecular flexibility index (Phi) is 7.05. The summed E-state index contributed by atoms with van der Waals surface area (Å²) in [6.45, 7) is 3.20. The summed E-state index contributed by atoms with van der Waals surface area (Å²) in [4.78, 5) is 34.7. The number of nitrogens with one attached hydrogen (secondary N) is 2. The lowest BCUT2D eigenvalue weighted by molar-refractivity contribution is -0.384. The number of anilines is 2. The number of aliphatic hydroxyl groups excluding tert-OH is 1. The number of carbonyl (C=O) groups is 2. The standard InChI is InChI=1S/C19H21N3O6/c1-12-7-13(2)9-14(8-12)21-18(24)11-28-19(25)16-10-15(22(26)27)3-4-17(16)20-5-6-23/h3-4,7-10,20,23H,5-6,11H2,1-2H3,(H,21,24). The molecule has 0 saturated carbocycles. The second-order valence-corrected chi connectivity index (χ2v) is 6.14. The summed E-state index contributed by atoms with van der Waals surface area (Å²) in [5, 5.41) is 25.3. The number of ether oxygens (including phenoxy) is 1. The molecule has 0 bridgehead atoms. The van der Waals surface area contributed by atoms with Crippen molar-refractivity contribution in [2.45, 2.75) is 13.8 Å². The Morgan fingerprint density at radius 3 is 2.43 bits per heavy atom. The van der Waals surface area contributed by atoms with Gasteiger partial charge in [-0.3, -0.25) is 14.9 Å². The first-order valence-electron chi connectivity index (χ1n) is 8.48. The molecule has 0 fully saturated rings. The molecule has 148 valence electrons. The van der Waals surface area contributed by atoms with Crippen molar-refractivity contribution in [2.75, 3.05) is 30.4 Å². The third-order valence-corrected chi connectivity index (χ3v) is 3.70. The van der Waals surface area contributed by atoms with E-state index in [0.717, 1.165) is 17.2 Å². The van der Waals surface area contributed by atoms with Crippen molar-refractivity contribution in [2.24, 2.45) is 0 Å². The summed E-state index contributed by atoms with van der Waals surface area (Å²) in [5.74, 6) is -1.42. The maximum Gasteiger partial charge on any atom is 0.341 e. The van der Waals surface area contributed by atoms with E-state index in [0.29, 0.717) is 5.69 Å². The number of nitro benzene ring substituents is 1. The van der Waals surface area contributed by atoms with Gasteiger partial charge in [-0.1, -0.05) is 6.07 Å². The van der Waals surface area contributed by atoms with E-state index in [2.05, 4.69) is 10.6 Å². The van der Waals surface area contributed by atoms with E-state index in [4.69, 9.17) is 9.84 Å². The van der Waals surface area contributed by atoms with Crippen LogP contribution in [0.2, 0.25) is 0 Å². The maximum absolute atomic E-state index is 12.3. The minimum absolute atomic E-state index is 0.0955. The topological polar surface area (TPSA) is 131 Å². The van der Waals surface area contributed by atoms with Crippen LogP contribution in [0.5, 0.6) is 0 Å². The Hall–Kier alpha value is -3.46. The van der Waals surface area contributed by atoms with Crippen LogP contribution in [0, 0.1) is 24.0 Å². The highest BCUT2D eigenvalue weighted by atomic mass is 16.6. The number of benzene rings is 2. The predicted octanol–water partition coefficient (Wildman–Crippen LogP) is 2.41. The molecule has 2 aromatic rings. The second kappa shape index (κ2) is 9.47. The third kappa shape index (κ3) is 5.78. The van der Waals surface area contributed by atoms with Crippen LogP contribution >= 0.6 is 0 Å². The van der Waals surface area contributed by atoms with Gasteiger partial charge in [0.15, 0.2) is 6.61 Å². The summed E-state index contributed by atoms with van der Waals surface area (Å²) >= 11 is 0. The normalized spacial score (nSPS) is 10.2. The Morgan fingerprint density at radius 2 is 1.82 bits per heavy atom. The van der Waals surface area contributed by atoms with Crippen molar-refractivity contribution in [3.8, 4) is 0 Å². The van der Waals surface area contributed by atoms with E-state index in [1.54, 1.807) is 12.1 Å². The molecule has 0 aromatic heterocycles. The summed E-state index contributed by atoms with van der Waals surface area (Å²) in [6, 6.07) is 9.15. The van der Waals surface area contributed by atoms with Gasteiger partial charge < -0.3 is 20.5 Å². The van der Waals surface area contributed by atoms with Gasteiger partial charge in [0.2, 0.25) is 0 Å². The van der Waals surface area contributed by atoms with Gasteiger partial charge in [-0.15, -0.1) is 0 Å². The van der Waals surface area contributed by atoms with Crippen molar-refractivity contribution in [1.29, 1.82) is 0 Å². The van der Waals surface area contributed by atoms with Crippen molar-refractivity contribution < 1.29 is 24.4 Å². The first-order chi connectivity index (χ1) is 13.3. The van der Waals surface area contributed by atoms with Gasteiger partial charge in [0.25, 0.3) is 11.6 Å². The number of esters is 1. The molecule has 0 aliphatic rings. The van der Waals surface area contributed by atoms with Crippen LogP contribution in [0.1, 0.15) is 21.5 Å². The number of aliphatic hydroxyl groups is 1. The van der Waals surface area contributed by atoms with Gasteiger partial charge >= 0.3 is 5.97 Å². The zero-order valence-electron chi connectivity index (χ0n) is 15.5. The molecule has 0 atom stereocenters. The third-order valence-electron chi connectivity index (χ3n) is 3.70. The van der Waals surface area contributed by atoms with Crippen LogP contribution < -0.4 is 10.6 Å². The fourth-order valence-corrected chi connectivity index (χ4v) is 2.61. The van der Waals surface area contributed by atoms with E-state index in [9.17, 15) is 19.7 Å². The maximum atomic E-state index is 12.3. The smallest absolute Gasteiger partial charge is 0.341 e. The lowest BCUT2D eigenvalue weighted by atomic mass is 10.1. The Morgan fingerprint density at radius 1 is 1.14 bits per heavy atom. The molecular formula is C19H21N3O6. The molecule has 0 heterocycles. The molecule has 0 spiro atoms. The zero-order chi connectivity index (χ0) is 20.7. The largest absolute Gasteiger partial charge is 0.452 e. The molecule has 3 N–H and O–H groups in total. The molecule has 0 radical (unpaired) electrons. The van der Waals surface area contributed by atoms with Crippen molar-refractivity contribution in [1.82, 2.24) is 0 Å². The quantitative estimate of drug-likeness (QED) is 0.360. The fraction of sp³-hybridized carbons (Fsp3) is 0.263. The molecule has 2 rings (SSSR count). The summed E-state index contributed by atoms with van der Waals surface area (Å²) < 4.78 is 5.00. The monoisotopic (exact) mass is 387 g/mol. The van der Waals surface area contributed by atoms with Crippen LogP contribution in [0.3, 0.4) is 0 Å². The van der Waals surface area contributed by atoms with Gasteiger partial charge in [-0.25, -0.2) is 4.79 Å². The molecule has 9 heteroatoms. The molecule has 1 amide bonds. The molecule has 0 aliphatic heterocycles. The highest BCUT2D eigenvalue weighted by Crippen LogP contribution is 2.23. The minimum atomic E-state index is -0.889. The highest BCUT2D eigenvalue weighted by molar-refractivity contribution is 5.99. The first-order valence-corrected chi connectivity index (χ1v) is 8.48. The molecular weight excluding hydrogens is 366 g/mol. The van der Waals surface area contributed by atoms with E-state index in [1.807, 2.05) is 19.9 Å². The van der Waals surface area contributed by atoms with Crippen LogP contribution in [0.15, 0.2) is 36.4 Å². The van der Waals surface area contributed by atoms with E-state index in [1.165, 1.54) is 12.1 Å². The summed E-state index contributed by atoms with van der Waals surface area (Å²) in [5.41, 5.74) is 2.41. The van der Waals surface area contributed by atoms with Crippen molar-refractivity contribution in [3.63, 3.8) is 0 Å². The Labute approximate surface area is 161 Å². The van der Waals surface area contributed by atoms with E-state index < -0.39 is 23.4 Å². The molecule has 0 aliphatic carbocycles. The predicted molar refractivity (Wildman–Crippen MR) is 104 cm³/mol. The number of hydrogen-bond donors (Lipinski definition) is 3. The van der Waals surface area contributed by atoms with Gasteiger partial charge in [0.05, 0.1) is 17.1 Å². The zero-order valence-corrected chi connectivity index (χ0v) is 15.5. The van der Waals surface area contributed by atoms with Gasteiger partial charge in [0, 0.05) is 30.1 Å². The number of nitro groups is 1. The van der Waals surface area contributed by atoms with Crippen LogP contribution in [-0.2, 0) is 9.53 Å². The average molecular weight is 387 g/mol. The van der Waals surface area contributed by atoms with Crippen LogP contribution in [-0.4, -0.2) is 41.7 Å². The van der Waals surface area contributed by atoms with Crippen LogP contribution in [0.4, 0.5) is 17.1 Å². The van der Waals surface area contributed by atoms with E-state index in [-0.39, 0.29) is 30.1 Å². The van der Waals surface area contributed by atoms with Crippen molar-refractivity contribution >= 4 is 28.9 Å². The SMILES string of the molecule is Cc1cc(C)cc(NC(=O)COC(=O)c2cc([N+](=O)[O-])ccc2NCCO)c1. The first kappa shape index (κ1) is 20.8. The summed E-state index contributed by atoms with van der Waals surface area (Å²) in [6.07, 6.45) is 0.